The lowest BCUT2D eigenvalue weighted by Gasteiger charge is -2.31. The van der Waals surface area contributed by atoms with Crippen LogP contribution in [-0.2, 0) is 0 Å². The predicted octanol–water partition coefficient (Wildman–Crippen LogP) is 1.07. The number of likely N-dealkylation sites (tertiary alicyclic amines) is 1. The molecule has 1 aliphatic carbocycles. The number of rotatable bonds is 1. The largest absolute Gasteiger partial charge is 0.870 e. The van der Waals surface area contributed by atoms with Crippen LogP contribution in [0.4, 0.5) is 0 Å². The molecular weight excluding hydrogens is 162 g/mol. The molecule has 1 saturated carbocycles. The molecule has 2 atom stereocenters. The van der Waals surface area contributed by atoms with Crippen molar-refractivity contribution in [3.63, 3.8) is 0 Å². The standard InChI is InChI=1S/C11H21N.H2O/c1-10-5-4-6-11(9-10)12-7-2-3-8-12;/h10-11H,2-9H2,1H3;1H2. The molecule has 1 heterocycles. The van der Waals surface area contributed by atoms with Crippen molar-refractivity contribution in [3.8, 4) is 0 Å². The summed E-state index contributed by atoms with van der Waals surface area (Å²) < 4.78 is 0. The summed E-state index contributed by atoms with van der Waals surface area (Å²) in [7, 11) is 0. The lowest BCUT2D eigenvalue weighted by atomic mass is 9.86. The van der Waals surface area contributed by atoms with Crippen LogP contribution < -0.4 is 4.90 Å². The average molecular weight is 185 g/mol. The van der Waals surface area contributed by atoms with Gasteiger partial charge >= 0.3 is 0 Å². The molecule has 0 aromatic carbocycles. The van der Waals surface area contributed by atoms with E-state index in [1.54, 1.807) is 0 Å². The van der Waals surface area contributed by atoms with Crippen molar-refractivity contribution in [1.82, 2.24) is 0 Å². The van der Waals surface area contributed by atoms with E-state index >= 15 is 0 Å². The second kappa shape index (κ2) is 4.97. The highest BCUT2D eigenvalue weighted by Crippen LogP contribution is 2.22. The SMILES string of the molecule is CC1CCCC([NH+]2CCCC2)C1.[OH-]. The smallest absolute Gasteiger partial charge is 0.0877 e. The lowest BCUT2D eigenvalue weighted by Crippen LogP contribution is -3.14. The van der Waals surface area contributed by atoms with E-state index in [9.17, 15) is 0 Å². The second-order valence-corrected chi connectivity index (χ2v) is 4.83. The van der Waals surface area contributed by atoms with Crippen LogP contribution in [-0.4, -0.2) is 24.6 Å². The van der Waals surface area contributed by atoms with E-state index in [-0.39, 0.29) is 5.48 Å². The maximum atomic E-state index is 2.43. The van der Waals surface area contributed by atoms with Gasteiger partial charge in [0.05, 0.1) is 19.1 Å². The molecule has 2 nitrogen and oxygen atoms in total. The van der Waals surface area contributed by atoms with Gasteiger partial charge in [-0.05, 0) is 18.8 Å². The van der Waals surface area contributed by atoms with Crippen molar-refractivity contribution in [2.75, 3.05) is 13.1 Å². The van der Waals surface area contributed by atoms with Gasteiger partial charge in [0.15, 0.2) is 0 Å². The van der Waals surface area contributed by atoms with Gasteiger partial charge in [0.1, 0.15) is 0 Å². The van der Waals surface area contributed by atoms with Crippen molar-refractivity contribution >= 4 is 0 Å². The van der Waals surface area contributed by atoms with Gasteiger partial charge in [0.2, 0.25) is 0 Å². The molecule has 1 saturated heterocycles. The molecule has 2 heteroatoms. The maximum Gasteiger partial charge on any atom is 0.0877 e. The van der Waals surface area contributed by atoms with E-state index in [1.807, 2.05) is 4.90 Å². The molecule has 2 aliphatic rings. The first kappa shape index (κ1) is 11.0. The van der Waals surface area contributed by atoms with Gasteiger partial charge in [-0.15, -0.1) is 0 Å². The topological polar surface area (TPSA) is 34.4 Å². The van der Waals surface area contributed by atoms with Gasteiger partial charge in [-0.25, -0.2) is 0 Å². The lowest BCUT2D eigenvalue weighted by molar-refractivity contribution is -0.915. The molecule has 0 aromatic heterocycles. The third kappa shape index (κ3) is 2.68. The Hall–Kier alpha value is -0.0800. The molecule has 0 aromatic rings. The Kier molecular flexibility index (Phi) is 4.20. The number of hydrogen-bond acceptors (Lipinski definition) is 1. The summed E-state index contributed by atoms with van der Waals surface area (Å²) in [6.07, 6.45) is 8.98. The minimum atomic E-state index is 0. The van der Waals surface area contributed by atoms with E-state index in [1.165, 1.54) is 51.6 Å². The van der Waals surface area contributed by atoms with Crippen LogP contribution in [0, 0.1) is 5.92 Å². The Labute approximate surface area is 81.6 Å². The molecule has 2 unspecified atom stereocenters. The summed E-state index contributed by atoms with van der Waals surface area (Å²) in [4.78, 5) is 1.93. The zero-order chi connectivity index (χ0) is 8.39. The average Bonchev–Trinajstić information content (AvgIpc) is 2.56. The van der Waals surface area contributed by atoms with Crippen LogP contribution in [0.5, 0.6) is 0 Å². The van der Waals surface area contributed by atoms with Crippen molar-refractivity contribution < 1.29 is 10.4 Å². The van der Waals surface area contributed by atoms with Crippen molar-refractivity contribution in [2.45, 2.75) is 51.5 Å². The van der Waals surface area contributed by atoms with Gasteiger partial charge < -0.3 is 10.4 Å². The van der Waals surface area contributed by atoms with Crippen LogP contribution >= 0.6 is 0 Å². The van der Waals surface area contributed by atoms with Crippen molar-refractivity contribution in [2.24, 2.45) is 5.92 Å². The summed E-state index contributed by atoms with van der Waals surface area (Å²) in [5.74, 6) is 1.01. The van der Waals surface area contributed by atoms with Crippen molar-refractivity contribution in [3.05, 3.63) is 0 Å². The highest BCUT2D eigenvalue weighted by atomic mass is 16.0. The minimum Gasteiger partial charge on any atom is -0.870 e. The van der Waals surface area contributed by atoms with Crippen LogP contribution in [0.25, 0.3) is 0 Å². The minimum absolute atomic E-state index is 0. The Morgan fingerprint density at radius 3 is 2.31 bits per heavy atom. The fourth-order valence-electron chi connectivity index (χ4n) is 3.04. The first-order valence-electron chi connectivity index (χ1n) is 5.71. The van der Waals surface area contributed by atoms with E-state index in [2.05, 4.69) is 6.92 Å². The summed E-state index contributed by atoms with van der Waals surface area (Å²) in [5.41, 5.74) is 0. The highest BCUT2D eigenvalue weighted by molar-refractivity contribution is 4.70. The van der Waals surface area contributed by atoms with E-state index in [0.717, 1.165) is 12.0 Å². The zero-order valence-electron chi connectivity index (χ0n) is 8.76. The molecule has 78 valence electrons. The Morgan fingerprint density at radius 2 is 1.69 bits per heavy atom. The first-order valence-corrected chi connectivity index (χ1v) is 5.71. The molecule has 2 N–H and O–H groups in total. The molecular formula is C11H23NO. The Morgan fingerprint density at radius 1 is 1.00 bits per heavy atom. The van der Waals surface area contributed by atoms with E-state index in [0.29, 0.717) is 0 Å². The van der Waals surface area contributed by atoms with Crippen LogP contribution in [0.1, 0.15) is 45.4 Å². The monoisotopic (exact) mass is 185 g/mol. The van der Waals surface area contributed by atoms with Gasteiger partial charge in [-0.1, -0.05) is 13.3 Å². The quantitative estimate of drug-likeness (QED) is 0.651. The highest BCUT2D eigenvalue weighted by Gasteiger charge is 2.29. The molecule has 0 bridgehead atoms. The third-order valence-electron chi connectivity index (χ3n) is 3.76. The fraction of sp³-hybridized carbons (Fsp3) is 1.00. The normalized spacial score (nSPS) is 35.8. The summed E-state index contributed by atoms with van der Waals surface area (Å²) in [6, 6.07) is 1.04. The number of quaternary nitrogens is 1. The molecule has 0 amide bonds. The van der Waals surface area contributed by atoms with E-state index in [4.69, 9.17) is 0 Å². The summed E-state index contributed by atoms with van der Waals surface area (Å²) in [6.45, 7) is 5.37. The summed E-state index contributed by atoms with van der Waals surface area (Å²) >= 11 is 0. The van der Waals surface area contributed by atoms with Crippen LogP contribution in [0.3, 0.4) is 0 Å². The van der Waals surface area contributed by atoms with E-state index < -0.39 is 0 Å². The van der Waals surface area contributed by atoms with Crippen molar-refractivity contribution in [1.29, 1.82) is 0 Å². The molecule has 13 heavy (non-hydrogen) atoms. The maximum absolute atomic E-state index is 2.43. The molecule has 1 aliphatic heterocycles. The van der Waals surface area contributed by atoms with Gasteiger partial charge in [-0.3, -0.25) is 0 Å². The molecule has 0 radical (unpaired) electrons. The number of hydrogen-bond donors (Lipinski definition) is 1. The fourth-order valence-corrected chi connectivity index (χ4v) is 3.04. The third-order valence-corrected chi connectivity index (χ3v) is 3.76. The van der Waals surface area contributed by atoms with Gasteiger partial charge in [-0.2, -0.15) is 0 Å². The predicted molar refractivity (Wildman–Crippen MR) is 53.3 cm³/mol. The molecule has 2 rings (SSSR count). The Balaban J connectivity index is 0.000000845. The van der Waals surface area contributed by atoms with Gasteiger partial charge in [0.25, 0.3) is 0 Å². The van der Waals surface area contributed by atoms with Crippen LogP contribution in [0.15, 0.2) is 0 Å². The zero-order valence-corrected chi connectivity index (χ0v) is 8.76. The second-order valence-electron chi connectivity index (χ2n) is 4.83. The summed E-state index contributed by atoms with van der Waals surface area (Å²) in [5, 5.41) is 0. The molecule has 2 fully saturated rings. The van der Waals surface area contributed by atoms with Crippen LogP contribution in [0.2, 0.25) is 0 Å². The van der Waals surface area contributed by atoms with Gasteiger partial charge in [0, 0.05) is 19.3 Å². The first-order chi connectivity index (χ1) is 5.86. The molecule has 0 spiro atoms. The number of nitrogens with one attached hydrogen (secondary N) is 1. The Bertz CT molecular complexity index is 143.